The lowest BCUT2D eigenvalue weighted by molar-refractivity contribution is 0.477. The number of benzene rings is 2. The van der Waals surface area contributed by atoms with Crippen LogP contribution in [0.15, 0.2) is 47.4 Å². The molecule has 0 fully saturated rings. The Kier molecular flexibility index (Phi) is 3.68. The molecule has 0 atom stereocenters. The molecule has 2 N–H and O–H groups in total. The Morgan fingerprint density at radius 1 is 1.16 bits per heavy atom. The van der Waals surface area contributed by atoms with E-state index < -0.39 is 10.0 Å². The Hall–Kier alpha value is -1.72. The van der Waals surface area contributed by atoms with E-state index in [2.05, 4.69) is 4.72 Å². The summed E-state index contributed by atoms with van der Waals surface area (Å²) in [4.78, 5) is 0.0475. The maximum absolute atomic E-state index is 12.1. The number of phenols is 1. The summed E-state index contributed by atoms with van der Waals surface area (Å²) in [6.45, 7) is 1.79. The third-order valence-electron chi connectivity index (χ3n) is 2.60. The van der Waals surface area contributed by atoms with Crippen molar-refractivity contribution in [2.45, 2.75) is 11.8 Å². The van der Waals surface area contributed by atoms with Crippen molar-refractivity contribution in [3.8, 4) is 5.75 Å². The summed E-state index contributed by atoms with van der Waals surface area (Å²) in [5.41, 5.74) is 0.919. The van der Waals surface area contributed by atoms with E-state index in [0.717, 1.165) is 5.56 Å². The molecule has 0 unspecified atom stereocenters. The number of hydrogen-bond acceptors (Lipinski definition) is 3. The molecule has 6 heteroatoms. The molecule has 0 aliphatic heterocycles. The van der Waals surface area contributed by atoms with E-state index in [0.29, 0.717) is 5.02 Å². The highest BCUT2D eigenvalue weighted by Gasteiger charge is 2.16. The van der Waals surface area contributed by atoms with Gasteiger partial charge in [-0.2, -0.15) is 0 Å². The number of aryl methyl sites for hydroxylation is 1. The van der Waals surface area contributed by atoms with Gasteiger partial charge in [0, 0.05) is 5.02 Å². The predicted octanol–water partition coefficient (Wildman–Crippen LogP) is 3.15. The molecule has 0 bridgehead atoms. The van der Waals surface area contributed by atoms with Crippen LogP contribution in [0.2, 0.25) is 5.02 Å². The third-order valence-corrected chi connectivity index (χ3v) is 4.37. The van der Waals surface area contributed by atoms with Crippen molar-refractivity contribution in [2.24, 2.45) is 0 Å². The standard InChI is InChI=1S/C13H12ClNO3S/c1-9-6-7-10(8-11(9)14)19(17,18)15-12-4-2-3-5-13(12)16/h2-8,15-16H,1H3. The Bertz CT molecular complexity index is 714. The Morgan fingerprint density at radius 2 is 1.84 bits per heavy atom. The van der Waals surface area contributed by atoms with Gasteiger partial charge >= 0.3 is 0 Å². The maximum atomic E-state index is 12.1. The number of nitrogens with one attached hydrogen (secondary N) is 1. The van der Waals surface area contributed by atoms with Crippen molar-refractivity contribution >= 4 is 27.3 Å². The van der Waals surface area contributed by atoms with Gasteiger partial charge in [0.05, 0.1) is 10.6 Å². The summed E-state index contributed by atoms with van der Waals surface area (Å²) in [6, 6.07) is 10.6. The first-order chi connectivity index (χ1) is 8.90. The summed E-state index contributed by atoms with van der Waals surface area (Å²) in [6.07, 6.45) is 0. The second-order valence-electron chi connectivity index (χ2n) is 4.03. The summed E-state index contributed by atoms with van der Waals surface area (Å²) in [5.74, 6) is -0.135. The van der Waals surface area contributed by atoms with E-state index in [-0.39, 0.29) is 16.3 Å². The van der Waals surface area contributed by atoms with Gasteiger partial charge in [-0.15, -0.1) is 0 Å². The number of sulfonamides is 1. The Labute approximate surface area is 116 Å². The maximum Gasteiger partial charge on any atom is 0.262 e. The van der Waals surface area contributed by atoms with Crippen molar-refractivity contribution < 1.29 is 13.5 Å². The molecule has 19 heavy (non-hydrogen) atoms. The van der Waals surface area contributed by atoms with E-state index in [9.17, 15) is 13.5 Å². The molecular weight excluding hydrogens is 286 g/mol. The molecule has 0 radical (unpaired) electrons. The highest BCUT2D eigenvalue weighted by molar-refractivity contribution is 7.92. The molecule has 0 saturated carbocycles. The van der Waals surface area contributed by atoms with Crippen molar-refractivity contribution in [1.29, 1.82) is 0 Å². The summed E-state index contributed by atoms with van der Waals surface area (Å²) in [7, 11) is -3.77. The van der Waals surface area contributed by atoms with Crippen LogP contribution in [0, 0.1) is 6.92 Å². The lowest BCUT2D eigenvalue weighted by atomic mass is 10.2. The van der Waals surface area contributed by atoms with Gasteiger partial charge in [0.1, 0.15) is 5.75 Å². The first-order valence-corrected chi connectivity index (χ1v) is 7.33. The SMILES string of the molecule is Cc1ccc(S(=O)(=O)Nc2ccccc2O)cc1Cl. The molecule has 0 aromatic heterocycles. The average Bonchev–Trinajstić information content (AvgIpc) is 2.35. The predicted molar refractivity (Wildman–Crippen MR) is 75.1 cm³/mol. The quantitative estimate of drug-likeness (QED) is 0.855. The van der Waals surface area contributed by atoms with Crippen LogP contribution in [-0.2, 0) is 10.0 Å². The molecule has 2 rings (SSSR count). The van der Waals surface area contributed by atoms with Crippen molar-refractivity contribution in [3.05, 3.63) is 53.1 Å². The van der Waals surface area contributed by atoms with Crippen LogP contribution in [0.4, 0.5) is 5.69 Å². The Morgan fingerprint density at radius 3 is 2.47 bits per heavy atom. The van der Waals surface area contributed by atoms with E-state index in [1.165, 1.54) is 24.3 Å². The number of para-hydroxylation sites is 2. The monoisotopic (exact) mass is 297 g/mol. The normalized spacial score (nSPS) is 11.3. The molecule has 2 aromatic rings. The van der Waals surface area contributed by atoms with Crippen LogP contribution in [0.25, 0.3) is 0 Å². The minimum absolute atomic E-state index is 0.0475. The molecule has 0 heterocycles. The smallest absolute Gasteiger partial charge is 0.262 e. The summed E-state index contributed by atoms with van der Waals surface area (Å²) >= 11 is 5.91. The van der Waals surface area contributed by atoms with Crippen molar-refractivity contribution in [3.63, 3.8) is 0 Å². The number of aromatic hydroxyl groups is 1. The van der Waals surface area contributed by atoms with Gasteiger partial charge in [-0.25, -0.2) is 8.42 Å². The van der Waals surface area contributed by atoms with E-state index in [1.54, 1.807) is 25.1 Å². The first kappa shape index (κ1) is 13.7. The van der Waals surface area contributed by atoms with Crippen LogP contribution in [0.3, 0.4) is 0 Å². The Balaban J connectivity index is 2.38. The fraction of sp³-hybridized carbons (Fsp3) is 0.0769. The van der Waals surface area contributed by atoms with E-state index >= 15 is 0 Å². The average molecular weight is 298 g/mol. The molecule has 0 aliphatic rings. The van der Waals surface area contributed by atoms with Gasteiger partial charge < -0.3 is 5.11 Å². The minimum Gasteiger partial charge on any atom is -0.506 e. The number of anilines is 1. The van der Waals surface area contributed by atoms with Crippen molar-refractivity contribution in [1.82, 2.24) is 0 Å². The zero-order chi connectivity index (χ0) is 14.0. The number of rotatable bonds is 3. The van der Waals surface area contributed by atoms with Gasteiger partial charge in [0.25, 0.3) is 10.0 Å². The highest BCUT2D eigenvalue weighted by atomic mass is 35.5. The highest BCUT2D eigenvalue weighted by Crippen LogP contribution is 2.26. The zero-order valence-corrected chi connectivity index (χ0v) is 11.7. The molecule has 0 spiro atoms. The largest absolute Gasteiger partial charge is 0.506 e. The van der Waals surface area contributed by atoms with Gasteiger partial charge in [0.15, 0.2) is 0 Å². The third kappa shape index (κ3) is 3.00. The molecule has 0 amide bonds. The molecule has 4 nitrogen and oxygen atoms in total. The molecule has 0 saturated heterocycles. The first-order valence-electron chi connectivity index (χ1n) is 5.47. The fourth-order valence-electron chi connectivity index (χ4n) is 1.50. The topological polar surface area (TPSA) is 66.4 Å². The van der Waals surface area contributed by atoms with Crippen molar-refractivity contribution in [2.75, 3.05) is 4.72 Å². The number of phenolic OH excluding ortho intramolecular Hbond substituents is 1. The van der Waals surface area contributed by atoms with Gasteiger partial charge in [-0.1, -0.05) is 29.8 Å². The number of hydrogen-bond donors (Lipinski definition) is 2. The number of halogens is 1. The second kappa shape index (κ2) is 5.11. The second-order valence-corrected chi connectivity index (χ2v) is 6.12. The fourth-order valence-corrected chi connectivity index (χ4v) is 2.85. The summed E-state index contributed by atoms with van der Waals surface area (Å²) < 4.78 is 26.6. The van der Waals surface area contributed by atoms with E-state index in [4.69, 9.17) is 11.6 Å². The lowest BCUT2D eigenvalue weighted by Crippen LogP contribution is -2.13. The molecule has 0 aliphatic carbocycles. The van der Waals surface area contributed by atoms with Gasteiger partial charge in [-0.05, 0) is 36.8 Å². The van der Waals surface area contributed by atoms with Crippen LogP contribution >= 0.6 is 11.6 Å². The van der Waals surface area contributed by atoms with Crippen LogP contribution in [0.1, 0.15) is 5.56 Å². The molecular formula is C13H12ClNO3S. The van der Waals surface area contributed by atoms with Crippen LogP contribution in [-0.4, -0.2) is 13.5 Å². The van der Waals surface area contributed by atoms with Crippen LogP contribution in [0.5, 0.6) is 5.75 Å². The van der Waals surface area contributed by atoms with E-state index in [1.807, 2.05) is 0 Å². The zero-order valence-electron chi connectivity index (χ0n) is 10.1. The van der Waals surface area contributed by atoms with Gasteiger partial charge in [0.2, 0.25) is 0 Å². The molecule has 2 aromatic carbocycles. The lowest BCUT2D eigenvalue weighted by Gasteiger charge is -2.10. The minimum atomic E-state index is -3.77. The van der Waals surface area contributed by atoms with Crippen LogP contribution < -0.4 is 4.72 Å². The van der Waals surface area contributed by atoms with Gasteiger partial charge in [-0.3, -0.25) is 4.72 Å². The molecule has 100 valence electrons. The summed E-state index contributed by atoms with van der Waals surface area (Å²) in [5, 5.41) is 9.94.